The maximum absolute atomic E-state index is 13.1. The lowest BCUT2D eigenvalue weighted by Gasteiger charge is -2.33. The standard InChI is InChI=1S/C31H26ClN3O3S/c32-22-11-13-23(14-12-22)34-28(37)19-39-31-25(17-33)29(30-26(35-31)7-4-8-27(30)36)21-9-15-24(16-10-21)38-18-20-5-2-1-3-6-20/h1-3,5-6,9-16,29,35H,4,7-8,18-19H2,(H,34,37). The van der Waals surface area contributed by atoms with Crippen molar-refractivity contribution in [2.75, 3.05) is 11.1 Å². The number of anilines is 1. The summed E-state index contributed by atoms with van der Waals surface area (Å²) in [5.74, 6) is 0.159. The van der Waals surface area contributed by atoms with Gasteiger partial charge in [-0.15, -0.1) is 0 Å². The Morgan fingerprint density at radius 2 is 1.79 bits per heavy atom. The minimum Gasteiger partial charge on any atom is -0.489 e. The molecule has 0 spiro atoms. The number of allylic oxidation sites excluding steroid dienone is 3. The summed E-state index contributed by atoms with van der Waals surface area (Å²) in [4.78, 5) is 25.7. The Kier molecular flexibility index (Phi) is 8.36. The number of halogens is 1. The number of ketones is 1. The molecule has 8 heteroatoms. The fourth-order valence-corrected chi connectivity index (χ4v) is 5.72. The maximum Gasteiger partial charge on any atom is 0.234 e. The molecule has 0 radical (unpaired) electrons. The molecule has 5 rings (SSSR count). The van der Waals surface area contributed by atoms with Crippen molar-refractivity contribution >= 4 is 40.7 Å². The van der Waals surface area contributed by atoms with E-state index in [9.17, 15) is 14.9 Å². The number of nitriles is 1. The van der Waals surface area contributed by atoms with Crippen molar-refractivity contribution in [2.24, 2.45) is 0 Å². The number of carbonyl (C=O) groups is 2. The molecular weight excluding hydrogens is 530 g/mol. The summed E-state index contributed by atoms with van der Waals surface area (Å²) in [5, 5.41) is 17.6. The molecule has 6 nitrogen and oxygen atoms in total. The van der Waals surface area contributed by atoms with Crippen molar-refractivity contribution < 1.29 is 14.3 Å². The highest BCUT2D eigenvalue weighted by atomic mass is 35.5. The zero-order valence-corrected chi connectivity index (χ0v) is 22.6. The van der Waals surface area contributed by atoms with Gasteiger partial charge in [-0.05, 0) is 60.4 Å². The van der Waals surface area contributed by atoms with Crippen LogP contribution in [0.5, 0.6) is 5.75 Å². The molecule has 0 bridgehead atoms. The van der Waals surface area contributed by atoms with Gasteiger partial charge in [-0.2, -0.15) is 5.26 Å². The second-order valence-electron chi connectivity index (χ2n) is 9.27. The Bertz CT molecular complexity index is 1480. The lowest BCUT2D eigenvalue weighted by Crippen LogP contribution is -2.31. The van der Waals surface area contributed by atoms with Gasteiger partial charge in [0.25, 0.3) is 0 Å². The number of Topliss-reactive ketones (excluding diaryl/α,β-unsaturated/α-hetero) is 1. The third-order valence-corrected chi connectivity index (χ3v) is 7.87. The van der Waals surface area contributed by atoms with Crippen molar-refractivity contribution in [3.63, 3.8) is 0 Å². The van der Waals surface area contributed by atoms with Crippen LogP contribution in [-0.2, 0) is 16.2 Å². The first-order valence-electron chi connectivity index (χ1n) is 12.6. The summed E-state index contributed by atoms with van der Waals surface area (Å²) in [7, 11) is 0. The SMILES string of the molecule is N#CC1=C(SCC(=O)Nc2ccc(Cl)cc2)NC2=C(C(=O)CCC2)C1c1ccc(OCc2ccccc2)cc1. The molecule has 1 amide bonds. The zero-order valence-electron chi connectivity index (χ0n) is 21.1. The van der Waals surface area contributed by atoms with Gasteiger partial charge in [-0.3, -0.25) is 9.59 Å². The summed E-state index contributed by atoms with van der Waals surface area (Å²) in [6, 6.07) is 26.7. The quantitative estimate of drug-likeness (QED) is 0.320. The van der Waals surface area contributed by atoms with E-state index < -0.39 is 5.92 Å². The average Bonchev–Trinajstić information content (AvgIpc) is 2.96. The van der Waals surface area contributed by atoms with Crippen LogP contribution >= 0.6 is 23.4 Å². The molecule has 3 aromatic carbocycles. The van der Waals surface area contributed by atoms with Crippen LogP contribution in [0.25, 0.3) is 0 Å². The number of thioether (sulfide) groups is 1. The highest BCUT2D eigenvalue weighted by Crippen LogP contribution is 2.44. The summed E-state index contributed by atoms with van der Waals surface area (Å²) >= 11 is 7.19. The first kappa shape index (κ1) is 26.6. The van der Waals surface area contributed by atoms with Crippen molar-refractivity contribution in [3.8, 4) is 11.8 Å². The van der Waals surface area contributed by atoms with E-state index in [0.29, 0.717) is 45.7 Å². The second-order valence-corrected chi connectivity index (χ2v) is 10.7. The van der Waals surface area contributed by atoms with E-state index in [2.05, 4.69) is 16.7 Å². The number of amides is 1. The normalized spacial score (nSPS) is 16.7. The van der Waals surface area contributed by atoms with Crippen molar-refractivity contribution in [2.45, 2.75) is 31.8 Å². The number of nitrogens with one attached hydrogen (secondary N) is 2. The van der Waals surface area contributed by atoms with Crippen LogP contribution in [0.15, 0.2) is 101 Å². The van der Waals surface area contributed by atoms with E-state index in [1.807, 2.05) is 54.6 Å². The zero-order chi connectivity index (χ0) is 27.2. The number of rotatable bonds is 8. The average molecular weight is 556 g/mol. The van der Waals surface area contributed by atoms with E-state index >= 15 is 0 Å². The van der Waals surface area contributed by atoms with Gasteiger partial charge in [-0.25, -0.2) is 0 Å². The molecule has 1 heterocycles. The molecule has 1 atom stereocenters. The molecule has 2 N–H and O–H groups in total. The Balaban J connectivity index is 1.36. The second kappa shape index (κ2) is 12.2. The molecule has 0 saturated carbocycles. The van der Waals surface area contributed by atoms with Gasteiger partial charge in [0, 0.05) is 28.4 Å². The summed E-state index contributed by atoms with van der Waals surface area (Å²) < 4.78 is 5.93. The van der Waals surface area contributed by atoms with Crippen LogP contribution in [0.3, 0.4) is 0 Å². The van der Waals surface area contributed by atoms with Crippen LogP contribution < -0.4 is 15.4 Å². The first-order chi connectivity index (χ1) is 19.0. The number of benzene rings is 3. The third kappa shape index (κ3) is 6.36. The molecule has 1 aliphatic heterocycles. The van der Waals surface area contributed by atoms with E-state index in [1.54, 1.807) is 24.3 Å². The minimum atomic E-state index is -0.496. The van der Waals surface area contributed by atoms with Gasteiger partial charge < -0.3 is 15.4 Å². The molecule has 0 saturated heterocycles. The fourth-order valence-electron chi connectivity index (χ4n) is 4.74. The van der Waals surface area contributed by atoms with Crippen molar-refractivity contribution in [1.82, 2.24) is 5.32 Å². The van der Waals surface area contributed by atoms with Gasteiger partial charge >= 0.3 is 0 Å². The smallest absolute Gasteiger partial charge is 0.234 e. The lowest BCUT2D eigenvalue weighted by atomic mass is 9.77. The summed E-state index contributed by atoms with van der Waals surface area (Å²) in [6.07, 6.45) is 1.93. The highest BCUT2D eigenvalue weighted by molar-refractivity contribution is 8.03. The van der Waals surface area contributed by atoms with Crippen LogP contribution in [0.1, 0.15) is 36.3 Å². The lowest BCUT2D eigenvalue weighted by molar-refractivity contribution is -0.116. The number of nitrogens with zero attached hydrogens (tertiary/aromatic N) is 1. The molecule has 0 fully saturated rings. The van der Waals surface area contributed by atoms with Gasteiger partial charge in [0.1, 0.15) is 12.4 Å². The van der Waals surface area contributed by atoms with E-state index in [-0.39, 0.29) is 17.4 Å². The maximum atomic E-state index is 13.1. The molecule has 196 valence electrons. The van der Waals surface area contributed by atoms with Crippen LogP contribution in [0.4, 0.5) is 5.69 Å². The van der Waals surface area contributed by atoms with Gasteiger partial charge in [0.15, 0.2) is 5.78 Å². The van der Waals surface area contributed by atoms with E-state index in [4.69, 9.17) is 16.3 Å². The van der Waals surface area contributed by atoms with E-state index in [1.165, 1.54) is 11.8 Å². The number of hydrogen-bond acceptors (Lipinski definition) is 6. The van der Waals surface area contributed by atoms with Crippen molar-refractivity contribution in [3.05, 3.63) is 117 Å². The Hall–Kier alpha value is -3.99. The Morgan fingerprint density at radius 3 is 2.51 bits per heavy atom. The van der Waals surface area contributed by atoms with E-state index in [0.717, 1.165) is 29.7 Å². The van der Waals surface area contributed by atoms with Gasteiger partial charge in [0.2, 0.25) is 5.91 Å². The Morgan fingerprint density at radius 1 is 1.05 bits per heavy atom. The topological polar surface area (TPSA) is 91.2 Å². The predicted molar refractivity (Wildman–Crippen MR) is 154 cm³/mol. The predicted octanol–water partition coefficient (Wildman–Crippen LogP) is 6.72. The van der Waals surface area contributed by atoms with Crippen molar-refractivity contribution in [1.29, 1.82) is 5.26 Å². The van der Waals surface area contributed by atoms with Gasteiger partial charge in [0.05, 0.1) is 28.3 Å². The molecule has 39 heavy (non-hydrogen) atoms. The third-order valence-electron chi connectivity index (χ3n) is 6.60. The van der Waals surface area contributed by atoms with Crippen LogP contribution in [0.2, 0.25) is 5.02 Å². The highest BCUT2D eigenvalue weighted by Gasteiger charge is 2.37. The minimum absolute atomic E-state index is 0.0513. The molecule has 0 aromatic heterocycles. The largest absolute Gasteiger partial charge is 0.489 e. The summed E-state index contributed by atoms with van der Waals surface area (Å²) in [5.41, 5.74) is 4.47. The molecular formula is C31H26ClN3O3S. The van der Waals surface area contributed by atoms with Crippen LogP contribution in [-0.4, -0.2) is 17.4 Å². The first-order valence-corrected chi connectivity index (χ1v) is 14.0. The number of ether oxygens (including phenoxy) is 1. The molecule has 2 aliphatic rings. The molecule has 1 aliphatic carbocycles. The number of dihydropyridines is 1. The Labute approximate surface area is 236 Å². The van der Waals surface area contributed by atoms with Crippen LogP contribution in [0, 0.1) is 11.3 Å². The summed E-state index contributed by atoms with van der Waals surface area (Å²) in [6.45, 7) is 0.448. The monoisotopic (exact) mass is 555 g/mol. The number of carbonyl (C=O) groups excluding carboxylic acids is 2. The molecule has 3 aromatic rings. The van der Waals surface area contributed by atoms with Gasteiger partial charge in [-0.1, -0.05) is 65.8 Å². The fraction of sp³-hybridized carbons (Fsp3) is 0.194. The molecule has 1 unspecified atom stereocenters. The number of hydrogen-bond donors (Lipinski definition) is 2.